The third kappa shape index (κ3) is 3.78. The summed E-state index contributed by atoms with van der Waals surface area (Å²) in [6.07, 6.45) is 10.1. The highest BCUT2D eigenvalue weighted by Crippen LogP contribution is 2.43. The number of nitrogens with one attached hydrogen (secondary N) is 1. The summed E-state index contributed by atoms with van der Waals surface area (Å²) in [6, 6.07) is 8.71. The molecule has 2 aromatic rings. The predicted octanol–water partition coefficient (Wildman–Crippen LogP) is 4.34. The zero-order valence-corrected chi connectivity index (χ0v) is 20.2. The summed E-state index contributed by atoms with van der Waals surface area (Å²) in [5.74, 6) is 2.06. The Hall–Kier alpha value is -1.96. The van der Waals surface area contributed by atoms with Gasteiger partial charge in [0, 0.05) is 16.8 Å². The molecule has 3 aliphatic heterocycles. The van der Waals surface area contributed by atoms with Crippen LogP contribution in [0.2, 0.25) is 5.02 Å². The van der Waals surface area contributed by atoms with Crippen molar-refractivity contribution in [2.45, 2.75) is 73.9 Å². The Bertz CT molecular complexity index is 1130. The standard InChI is InChI=1S/C25H29ClN4O2S/c26-18-6-4-16(5-7-18)17-13-19-8-9-20(14-17)30(19)24-27-21-3-1-12-33(32)22(21)23(28-24)29-25(15-31)10-2-11-25/h4-7,13,19-20,31H,1-3,8-12,14-15H2,(H,27,28,29)/t19?,20?,33-/m0/s1. The molecule has 4 heterocycles. The number of hydrogen-bond acceptors (Lipinski definition) is 6. The van der Waals surface area contributed by atoms with Gasteiger partial charge >= 0.3 is 0 Å². The average molecular weight is 485 g/mol. The lowest BCUT2D eigenvalue weighted by Crippen LogP contribution is -2.49. The van der Waals surface area contributed by atoms with Crippen LogP contribution in [0.1, 0.15) is 56.2 Å². The summed E-state index contributed by atoms with van der Waals surface area (Å²) in [5, 5.41) is 14.3. The Morgan fingerprint density at radius 2 is 2.00 bits per heavy atom. The third-order valence-corrected chi connectivity index (χ3v) is 9.53. The molecule has 0 radical (unpaired) electrons. The van der Waals surface area contributed by atoms with Gasteiger partial charge in [0.25, 0.3) is 0 Å². The lowest BCUT2D eigenvalue weighted by molar-refractivity contribution is 0.143. The van der Waals surface area contributed by atoms with Gasteiger partial charge < -0.3 is 15.3 Å². The number of nitrogens with zero attached hydrogens (tertiary/aromatic N) is 3. The minimum absolute atomic E-state index is 0.0654. The van der Waals surface area contributed by atoms with Crippen LogP contribution in [0.5, 0.6) is 0 Å². The lowest BCUT2D eigenvalue weighted by atomic mass is 9.77. The second kappa shape index (κ2) is 8.36. The number of hydrogen-bond donors (Lipinski definition) is 2. The van der Waals surface area contributed by atoms with Gasteiger partial charge in [-0.2, -0.15) is 4.98 Å². The molecule has 2 N–H and O–H groups in total. The van der Waals surface area contributed by atoms with E-state index in [9.17, 15) is 9.32 Å². The first kappa shape index (κ1) is 21.6. The van der Waals surface area contributed by atoms with Gasteiger partial charge in [0.2, 0.25) is 5.95 Å². The summed E-state index contributed by atoms with van der Waals surface area (Å²) < 4.78 is 12.9. The van der Waals surface area contributed by atoms with Gasteiger partial charge in [0.15, 0.2) is 0 Å². The van der Waals surface area contributed by atoms with Crippen LogP contribution in [0, 0.1) is 0 Å². The van der Waals surface area contributed by atoms with E-state index in [1.165, 1.54) is 11.1 Å². The number of benzene rings is 1. The van der Waals surface area contributed by atoms with Crippen LogP contribution in [0.15, 0.2) is 35.2 Å². The third-order valence-electron chi connectivity index (χ3n) is 7.73. The monoisotopic (exact) mass is 484 g/mol. The zero-order valence-electron chi connectivity index (χ0n) is 18.6. The zero-order chi connectivity index (χ0) is 22.6. The molecule has 3 atom stereocenters. The van der Waals surface area contributed by atoms with E-state index in [1.807, 2.05) is 12.1 Å². The minimum Gasteiger partial charge on any atom is -0.394 e. The van der Waals surface area contributed by atoms with E-state index in [4.69, 9.17) is 21.6 Å². The fourth-order valence-corrected chi connectivity index (χ4v) is 7.22. The van der Waals surface area contributed by atoms with Crippen LogP contribution in [0.3, 0.4) is 0 Å². The van der Waals surface area contributed by atoms with Crippen molar-refractivity contribution in [1.82, 2.24) is 9.97 Å². The molecule has 1 aromatic carbocycles. The van der Waals surface area contributed by atoms with Gasteiger partial charge in [-0.1, -0.05) is 29.8 Å². The van der Waals surface area contributed by atoms with Crippen molar-refractivity contribution in [2.75, 3.05) is 22.6 Å². The molecule has 0 amide bonds. The van der Waals surface area contributed by atoms with Crippen LogP contribution in [0.25, 0.3) is 5.57 Å². The van der Waals surface area contributed by atoms with E-state index < -0.39 is 10.8 Å². The number of anilines is 2. The minimum atomic E-state index is -1.10. The number of aliphatic hydroxyl groups is 1. The molecule has 1 saturated carbocycles. The summed E-state index contributed by atoms with van der Waals surface area (Å²) in [6.45, 7) is 0.0654. The van der Waals surface area contributed by atoms with E-state index in [2.05, 4.69) is 28.4 Å². The van der Waals surface area contributed by atoms with Crippen LogP contribution in [-0.4, -0.2) is 49.3 Å². The molecule has 33 heavy (non-hydrogen) atoms. The molecule has 8 heteroatoms. The summed E-state index contributed by atoms with van der Waals surface area (Å²) in [5.41, 5.74) is 3.16. The first-order valence-corrected chi connectivity index (χ1v) is 13.7. The van der Waals surface area contributed by atoms with Crippen molar-refractivity contribution in [3.8, 4) is 0 Å². The lowest BCUT2D eigenvalue weighted by Gasteiger charge is -2.42. The maximum atomic E-state index is 12.9. The number of aryl methyl sites for hydroxylation is 1. The van der Waals surface area contributed by atoms with Gasteiger partial charge in [0.05, 0.1) is 34.7 Å². The van der Waals surface area contributed by atoms with E-state index >= 15 is 0 Å². The molecule has 1 aromatic heterocycles. The fraction of sp³-hybridized carbons (Fsp3) is 0.520. The molecule has 1 aliphatic carbocycles. The van der Waals surface area contributed by atoms with Gasteiger partial charge in [-0.05, 0) is 74.6 Å². The Kier molecular flexibility index (Phi) is 5.46. The largest absolute Gasteiger partial charge is 0.394 e. The Labute approximate surface area is 201 Å². The second-order valence-corrected chi connectivity index (χ2v) is 11.8. The van der Waals surface area contributed by atoms with Crippen LogP contribution in [-0.2, 0) is 17.2 Å². The van der Waals surface area contributed by atoms with Crippen molar-refractivity contribution in [2.24, 2.45) is 0 Å². The Balaban J connectivity index is 1.37. The maximum Gasteiger partial charge on any atom is 0.228 e. The molecular formula is C25H29ClN4O2S. The molecule has 174 valence electrons. The van der Waals surface area contributed by atoms with Crippen molar-refractivity contribution in [1.29, 1.82) is 0 Å². The predicted molar refractivity (Wildman–Crippen MR) is 132 cm³/mol. The topological polar surface area (TPSA) is 78.4 Å². The highest BCUT2D eigenvalue weighted by molar-refractivity contribution is 7.85. The maximum absolute atomic E-state index is 12.9. The SMILES string of the molecule is O=[S@]1CCCc2nc(N3C4C=C(c5ccc(Cl)cc5)CC3CC4)nc(NC3(CO)CCC3)c21. The first-order chi connectivity index (χ1) is 16.0. The van der Waals surface area contributed by atoms with E-state index in [-0.39, 0.29) is 18.2 Å². The van der Waals surface area contributed by atoms with Gasteiger partial charge in [-0.3, -0.25) is 4.21 Å². The average Bonchev–Trinajstić information content (AvgIpc) is 3.06. The Morgan fingerprint density at radius 3 is 2.70 bits per heavy atom. The molecular weight excluding hydrogens is 456 g/mol. The summed E-state index contributed by atoms with van der Waals surface area (Å²) >= 11 is 6.09. The second-order valence-electron chi connectivity index (χ2n) is 9.83. The van der Waals surface area contributed by atoms with Gasteiger partial charge in [-0.15, -0.1) is 0 Å². The normalized spacial score (nSPS) is 27.5. The van der Waals surface area contributed by atoms with Crippen molar-refractivity contribution in [3.63, 3.8) is 0 Å². The van der Waals surface area contributed by atoms with Crippen LogP contribution in [0.4, 0.5) is 11.8 Å². The van der Waals surface area contributed by atoms with Crippen LogP contribution >= 0.6 is 11.6 Å². The number of aromatic nitrogens is 2. The molecule has 4 aliphatic rings. The highest BCUT2D eigenvalue weighted by Gasteiger charge is 2.41. The fourth-order valence-electron chi connectivity index (χ4n) is 5.76. The van der Waals surface area contributed by atoms with Gasteiger partial charge in [0.1, 0.15) is 10.7 Å². The number of fused-ring (bicyclic) bond motifs is 3. The number of halogens is 1. The molecule has 6 nitrogen and oxygen atoms in total. The van der Waals surface area contributed by atoms with Gasteiger partial charge in [-0.25, -0.2) is 4.98 Å². The first-order valence-electron chi connectivity index (χ1n) is 12.0. The van der Waals surface area contributed by atoms with Crippen molar-refractivity contribution < 1.29 is 9.32 Å². The van der Waals surface area contributed by atoms with Crippen LogP contribution < -0.4 is 10.2 Å². The number of aliphatic hydroxyl groups excluding tert-OH is 1. The quantitative estimate of drug-likeness (QED) is 0.657. The van der Waals surface area contributed by atoms with E-state index in [1.54, 1.807) is 0 Å². The number of rotatable bonds is 5. The molecule has 1 saturated heterocycles. The van der Waals surface area contributed by atoms with Crippen molar-refractivity contribution in [3.05, 3.63) is 46.6 Å². The smallest absolute Gasteiger partial charge is 0.228 e. The van der Waals surface area contributed by atoms with E-state index in [0.717, 1.165) is 72.9 Å². The summed E-state index contributed by atoms with van der Waals surface area (Å²) in [7, 11) is -1.10. The molecule has 2 unspecified atom stereocenters. The van der Waals surface area contributed by atoms with Crippen molar-refractivity contribution >= 4 is 39.7 Å². The highest BCUT2D eigenvalue weighted by atomic mass is 35.5. The molecule has 2 bridgehead atoms. The summed E-state index contributed by atoms with van der Waals surface area (Å²) in [4.78, 5) is 13.1. The molecule has 0 spiro atoms. The van der Waals surface area contributed by atoms with E-state index in [0.29, 0.717) is 17.6 Å². The Morgan fingerprint density at radius 1 is 1.18 bits per heavy atom. The molecule has 6 rings (SSSR count). The molecule has 2 fully saturated rings.